The second kappa shape index (κ2) is 6.40. The molecule has 0 aromatic heterocycles. The quantitative estimate of drug-likeness (QED) is 0.819. The predicted molar refractivity (Wildman–Crippen MR) is 71.4 cm³/mol. The Kier molecular flexibility index (Phi) is 5.16. The first-order valence-corrected chi connectivity index (χ1v) is 6.10. The standard InChI is InChI=1S/C14H22N2O/c1-10(2)12-5-7-13(8-6-12)14(17)16-9-11(3)15-4/h5-8,10-11,15H,9H2,1-4H3,(H,16,17). The van der Waals surface area contributed by atoms with Crippen molar-refractivity contribution in [3.05, 3.63) is 35.4 Å². The Morgan fingerprint density at radius 2 is 1.76 bits per heavy atom. The fourth-order valence-corrected chi connectivity index (χ4v) is 1.47. The molecule has 0 spiro atoms. The molecular formula is C14H22N2O. The normalized spacial score (nSPS) is 12.5. The maximum Gasteiger partial charge on any atom is 0.251 e. The van der Waals surface area contributed by atoms with Crippen LogP contribution in [0, 0.1) is 0 Å². The lowest BCUT2D eigenvalue weighted by molar-refractivity contribution is 0.0950. The smallest absolute Gasteiger partial charge is 0.251 e. The summed E-state index contributed by atoms with van der Waals surface area (Å²) in [5.74, 6) is 0.485. The van der Waals surface area contributed by atoms with Crippen molar-refractivity contribution in [3.8, 4) is 0 Å². The van der Waals surface area contributed by atoms with Crippen molar-refractivity contribution in [3.63, 3.8) is 0 Å². The van der Waals surface area contributed by atoms with E-state index in [9.17, 15) is 4.79 Å². The third kappa shape index (κ3) is 4.19. The van der Waals surface area contributed by atoms with Crippen LogP contribution in [0.5, 0.6) is 0 Å². The Hall–Kier alpha value is -1.35. The molecule has 0 heterocycles. The van der Waals surface area contributed by atoms with Crippen molar-refractivity contribution in [2.24, 2.45) is 0 Å². The number of amides is 1. The highest BCUT2D eigenvalue weighted by Crippen LogP contribution is 2.14. The van der Waals surface area contributed by atoms with E-state index in [1.807, 2.05) is 38.2 Å². The fraction of sp³-hybridized carbons (Fsp3) is 0.500. The molecule has 0 aliphatic rings. The summed E-state index contributed by atoms with van der Waals surface area (Å²) in [6.07, 6.45) is 0. The van der Waals surface area contributed by atoms with Crippen LogP contribution < -0.4 is 10.6 Å². The summed E-state index contributed by atoms with van der Waals surface area (Å²) in [4.78, 5) is 11.8. The van der Waals surface area contributed by atoms with Crippen molar-refractivity contribution in [1.29, 1.82) is 0 Å². The molecule has 1 unspecified atom stereocenters. The van der Waals surface area contributed by atoms with Gasteiger partial charge >= 0.3 is 0 Å². The van der Waals surface area contributed by atoms with E-state index >= 15 is 0 Å². The number of hydrogen-bond acceptors (Lipinski definition) is 2. The van der Waals surface area contributed by atoms with E-state index in [0.717, 1.165) is 5.56 Å². The van der Waals surface area contributed by atoms with Crippen molar-refractivity contribution in [2.45, 2.75) is 32.7 Å². The molecule has 0 aliphatic carbocycles. The molecule has 0 bridgehead atoms. The van der Waals surface area contributed by atoms with Gasteiger partial charge < -0.3 is 10.6 Å². The minimum atomic E-state index is -0.0117. The lowest BCUT2D eigenvalue weighted by Gasteiger charge is -2.12. The monoisotopic (exact) mass is 234 g/mol. The van der Waals surface area contributed by atoms with Crippen LogP contribution in [-0.4, -0.2) is 25.5 Å². The molecule has 1 amide bonds. The van der Waals surface area contributed by atoms with Crippen molar-refractivity contribution in [1.82, 2.24) is 10.6 Å². The molecule has 3 heteroatoms. The number of nitrogens with one attached hydrogen (secondary N) is 2. The van der Waals surface area contributed by atoms with E-state index in [1.165, 1.54) is 5.56 Å². The number of carbonyl (C=O) groups excluding carboxylic acids is 1. The first kappa shape index (κ1) is 13.7. The van der Waals surface area contributed by atoms with Crippen LogP contribution in [0.2, 0.25) is 0 Å². The number of hydrogen-bond donors (Lipinski definition) is 2. The number of rotatable bonds is 5. The molecule has 0 saturated carbocycles. The summed E-state index contributed by atoms with van der Waals surface area (Å²) in [6.45, 7) is 6.96. The largest absolute Gasteiger partial charge is 0.350 e. The van der Waals surface area contributed by atoms with E-state index in [4.69, 9.17) is 0 Å². The van der Waals surface area contributed by atoms with E-state index in [2.05, 4.69) is 24.5 Å². The second-order valence-electron chi connectivity index (χ2n) is 4.68. The molecule has 0 saturated heterocycles. The van der Waals surface area contributed by atoms with E-state index < -0.39 is 0 Å². The van der Waals surface area contributed by atoms with Crippen LogP contribution in [0.1, 0.15) is 42.6 Å². The summed E-state index contributed by atoms with van der Waals surface area (Å²) in [5.41, 5.74) is 1.97. The van der Waals surface area contributed by atoms with Crippen molar-refractivity contribution in [2.75, 3.05) is 13.6 Å². The Bertz CT molecular complexity index is 357. The van der Waals surface area contributed by atoms with Crippen LogP contribution in [0.25, 0.3) is 0 Å². The van der Waals surface area contributed by atoms with Gasteiger partial charge in [0.1, 0.15) is 0 Å². The number of benzene rings is 1. The molecule has 1 rings (SSSR count). The maximum absolute atomic E-state index is 11.8. The number of carbonyl (C=O) groups is 1. The van der Waals surface area contributed by atoms with Crippen LogP contribution in [0.15, 0.2) is 24.3 Å². The molecule has 0 aliphatic heterocycles. The first-order valence-electron chi connectivity index (χ1n) is 6.10. The Morgan fingerprint density at radius 3 is 2.24 bits per heavy atom. The topological polar surface area (TPSA) is 41.1 Å². The van der Waals surface area contributed by atoms with E-state index in [0.29, 0.717) is 12.5 Å². The molecular weight excluding hydrogens is 212 g/mol. The highest BCUT2D eigenvalue weighted by molar-refractivity contribution is 5.94. The number of likely N-dealkylation sites (N-methyl/N-ethyl adjacent to an activating group) is 1. The zero-order valence-corrected chi connectivity index (χ0v) is 11.1. The molecule has 17 heavy (non-hydrogen) atoms. The second-order valence-corrected chi connectivity index (χ2v) is 4.68. The zero-order valence-electron chi connectivity index (χ0n) is 11.1. The molecule has 1 aromatic rings. The van der Waals surface area contributed by atoms with Gasteiger partial charge in [-0.05, 0) is 37.6 Å². The molecule has 1 aromatic carbocycles. The minimum absolute atomic E-state index is 0.0117. The lowest BCUT2D eigenvalue weighted by Crippen LogP contribution is -2.37. The van der Waals surface area contributed by atoms with Crippen LogP contribution >= 0.6 is 0 Å². The SMILES string of the molecule is CNC(C)CNC(=O)c1ccc(C(C)C)cc1. The summed E-state index contributed by atoms with van der Waals surface area (Å²) in [5, 5.41) is 5.98. The highest BCUT2D eigenvalue weighted by Gasteiger charge is 2.07. The van der Waals surface area contributed by atoms with E-state index in [1.54, 1.807) is 0 Å². The lowest BCUT2D eigenvalue weighted by atomic mass is 10.0. The maximum atomic E-state index is 11.8. The van der Waals surface area contributed by atoms with Gasteiger partial charge in [-0.15, -0.1) is 0 Å². The van der Waals surface area contributed by atoms with Gasteiger partial charge in [0.05, 0.1) is 0 Å². The zero-order chi connectivity index (χ0) is 12.8. The Morgan fingerprint density at radius 1 is 1.18 bits per heavy atom. The van der Waals surface area contributed by atoms with E-state index in [-0.39, 0.29) is 11.9 Å². The summed E-state index contributed by atoms with van der Waals surface area (Å²) >= 11 is 0. The molecule has 94 valence electrons. The van der Waals surface area contributed by atoms with Gasteiger partial charge in [-0.1, -0.05) is 26.0 Å². The third-order valence-corrected chi connectivity index (χ3v) is 2.90. The van der Waals surface area contributed by atoms with Gasteiger partial charge in [0, 0.05) is 18.2 Å². The van der Waals surface area contributed by atoms with Crippen LogP contribution in [-0.2, 0) is 0 Å². The molecule has 1 atom stereocenters. The van der Waals surface area contributed by atoms with Gasteiger partial charge in [0.15, 0.2) is 0 Å². The van der Waals surface area contributed by atoms with Gasteiger partial charge in [0.2, 0.25) is 0 Å². The Labute approximate surface area is 104 Å². The first-order chi connectivity index (χ1) is 8.04. The van der Waals surface area contributed by atoms with Crippen molar-refractivity contribution >= 4 is 5.91 Å². The fourth-order valence-electron chi connectivity index (χ4n) is 1.47. The minimum Gasteiger partial charge on any atom is -0.350 e. The van der Waals surface area contributed by atoms with Gasteiger partial charge in [-0.2, -0.15) is 0 Å². The summed E-state index contributed by atoms with van der Waals surface area (Å²) in [6, 6.07) is 8.08. The summed E-state index contributed by atoms with van der Waals surface area (Å²) in [7, 11) is 1.88. The van der Waals surface area contributed by atoms with Crippen LogP contribution in [0.4, 0.5) is 0 Å². The van der Waals surface area contributed by atoms with Gasteiger partial charge in [-0.3, -0.25) is 4.79 Å². The third-order valence-electron chi connectivity index (χ3n) is 2.90. The average Bonchev–Trinajstić information content (AvgIpc) is 2.35. The summed E-state index contributed by atoms with van der Waals surface area (Å²) < 4.78 is 0. The van der Waals surface area contributed by atoms with Crippen molar-refractivity contribution < 1.29 is 4.79 Å². The average molecular weight is 234 g/mol. The molecule has 3 nitrogen and oxygen atoms in total. The predicted octanol–water partition coefficient (Wildman–Crippen LogP) is 2.15. The highest BCUT2D eigenvalue weighted by atomic mass is 16.1. The Balaban J connectivity index is 2.58. The molecule has 0 radical (unpaired) electrons. The van der Waals surface area contributed by atoms with Gasteiger partial charge in [-0.25, -0.2) is 0 Å². The molecule has 0 fully saturated rings. The molecule has 2 N–H and O–H groups in total. The van der Waals surface area contributed by atoms with Gasteiger partial charge in [0.25, 0.3) is 5.91 Å². The van der Waals surface area contributed by atoms with Crippen LogP contribution in [0.3, 0.4) is 0 Å².